The van der Waals surface area contributed by atoms with Crippen LogP contribution < -0.4 is 0 Å². The molecule has 0 bridgehead atoms. The molecule has 0 aliphatic rings. The largest absolute Gasteiger partial charge is 0.309 e. The molecule has 0 fully saturated rings. The molecule has 0 aliphatic carbocycles. The standard InChI is InChI=1S/C44H31N5/c1-2-31(36-16-12-28-45-30-36)15-11-21-42-46-43(33-13-5-3-6-14-33)48-44(47-42)34-24-22-32(23-25-34)35-26-27-41-39(29-35)38-19-9-10-20-40(38)49(41)37-17-7-4-8-18-37/h2-30H,1H2/b21-11+,31-15+/i1D,2D,11D,15D/b2-1?,21-11+,31-15+. The van der Waals surface area contributed by atoms with Crippen molar-refractivity contribution in [1.82, 2.24) is 24.5 Å². The van der Waals surface area contributed by atoms with Crippen molar-refractivity contribution >= 4 is 33.5 Å². The zero-order valence-electron chi connectivity index (χ0n) is 30.3. The fourth-order valence-electron chi connectivity index (χ4n) is 6.00. The van der Waals surface area contributed by atoms with Crippen molar-refractivity contribution in [2.45, 2.75) is 0 Å². The van der Waals surface area contributed by atoms with Crippen LogP contribution in [0, 0.1) is 0 Å². The van der Waals surface area contributed by atoms with E-state index in [1.165, 1.54) is 23.0 Å². The third kappa shape index (κ3) is 5.97. The molecule has 0 aliphatic heterocycles. The maximum Gasteiger partial charge on any atom is 0.164 e. The van der Waals surface area contributed by atoms with E-state index in [4.69, 9.17) is 15.5 Å². The first-order valence-electron chi connectivity index (χ1n) is 17.9. The molecule has 3 aromatic heterocycles. The topological polar surface area (TPSA) is 56.5 Å². The van der Waals surface area contributed by atoms with Crippen LogP contribution in [0.15, 0.2) is 177 Å². The van der Waals surface area contributed by atoms with E-state index in [-0.39, 0.29) is 29.6 Å². The number of para-hydroxylation sites is 2. The molecule has 0 radical (unpaired) electrons. The van der Waals surface area contributed by atoms with Crippen LogP contribution in [0.5, 0.6) is 0 Å². The summed E-state index contributed by atoms with van der Waals surface area (Å²) < 4.78 is 35.9. The number of rotatable bonds is 8. The van der Waals surface area contributed by atoms with Crippen LogP contribution in [0.25, 0.3) is 73.0 Å². The van der Waals surface area contributed by atoms with Crippen molar-refractivity contribution in [3.8, 4) is 39.6 Å². The Morgan fingerprint density at radius 2 is 1.31 bits per heavy atom. The van der Waals surface area contributed by atoms with E-state index in [9.17, 15) is 0 Å². The Hall–Kier alpha value is -6.72. The minimum Gasteiger partial charge on any atom is -0.309 e. The summed E-state index contributed by atoms with van der Waals surface area (Å²) in [5.41, 5.74) is 7.65. The number of pyridine rings is 1. The maximum absolute atomic E-state index is 8.82. The van der Waals surface area contributed by atoms with E-state index in [2.05, 4.69) is 93.4 Å². The summed E-state index contributed by atoms with van der Waals surface area (Å²) in [7, 11) is 0. The number of hydrogen-bond donors (Lipinski definition) is 0. The molecule has 0 saturated heterocycles. The molecule has 0 atom stereocenters. The van der Waals surface area contributed by atoms with Crippen LogP contribution >= 0.6 is 0 Å². The molecule has 0 unspecified atom stereocenters. The molecule has 5 nitrogen and oxygen atoms in total. The third-order valence-electron chi connectivity index (χ3n) is 8.34. The molecule has 0 amide bonds. The Morgan fingerprint density at radius 3 is 2.06 bits per heavy atom. The van der Waals surface area contributed by atoms with Gasteiger partial charge in [0.1, 0.15) is 0 Å². The van der Waals surface area contributed by atoms with Gasteiger partial charge in [0.2, 0.25) is 0 Å². The minimum atomic E-state index is -0.247. The molecule has 5 heteroatoms. The normalized spacial score (nSPS) is 13.8. The highest BCUT2D eigenvalue weighted by molar-refractivity contribution is 6.10. The number of hydrogen-bond acceptors (Lipinski definition) is 4. The third-order valence-corrected chi connectivity index (χ3v) is 8.34. The molecule has 8 aromatic rings. The zero-order valence-corrected chi connectivity index (χ0v) is 26.3. The summed E-state index contributed by atoms with van der Waals surface area (Å²) >= 11 is 0. The van der Waals surface area contributed by atoms with E-state index >= 15 is 0 Å². The van der Waals surface area contributed by atoms with Gasteiger partial charge in [-0.1, -0.05) is 128 Å². The van der Waals surface area contributed by atoms with Crippen LogP contribution in [-0.4, -0.2) is 24.5 Å². The summed E-state index contributed by atoms with van der Waals surface area (Å²) in [6.07, 6.45) is 4.49. The van der Waals surface area contributed by atoms with Crippen LogP contribution in [-0.2, 0) is 0 Å². The van der Waals surface area contributed by atoms with Crippen molar-refractivity contribution in [3.63, 3.8) is 0 Å². The van der Waals surface area contributed by atoms with Gasteiger partial charge in [0.25, 0.3) is 0 Å². The molecule has 232 valence electrons. The fraction of sp³-hybridized carbons (Fsp3) is 0. The molecule has 49 heavy (non-hydrogen) atoms. The van der Waals surface area contributed by atoms with Gasteiger partial charge in [-0.15, -0.1) is 0 Å². The average molecular weight is 634 g/mol. The average Bonchev–Trinajstić information content (AvgIpc) is 3.55. The summed E-state index contributed by atoms with van der Waals surface area (Å²) in [5.74, 6) is 1.04. The lowest BCUT2D eigenvalue weighted by Gasteiger charge is -2.09. The highest BCUT2D eigenvalue weighted by Gasteiger charge is 2.14. The van der Waals surface area contributed by atoms with Crippen LogP contribution in [0.4, 0.5) is 0 Å². The number of nitrogens with zero attached hydrogens (tertiary/aromatic N) is 5. The summed E-state index contributed by atoms with van der Waals surface area (Å²) in [4.78, 5) is 18.3. The van der Waals surface area contributed by atoms with Crippen molar-refractivity contribution in [2.75, 3.05) is 0 Å². The van der Waals surface area contributed by atoms with Gasteiger partial charge in [-0.25, -0.2) is 15.0 Å². The van der Waals surface area contributed by atoms with Gasteiger partial charge in [-0.2, -0.15) is 0 Å². The Morgan fingerprint density at radius 1 is 0.633 bits per heavy atom. The Kier molecular flexibility index (Phi) is 6.83. The van der Waals surface area contributed by atoms with E-state index in [1.54, 1.807) is 18.3 Å². The fourth-order valence-corrected chi connectivity index (χ4v) is 6.00. The monoisotopic (exact) mass is 633 g/mol. The lowest BCUT2D eigenvalue weighted by molar-refractivity contribution is 1.04. The van der Waals surface area contributed by atoms with E-state index in [0.717, 1.165) is 45.5 Å². The number of aromatic nitrogens is 5. The molecule has 0 N–H and O–H groups in total. The summed E-state index contributed by atoms with van der Waals surface area (Å²) in [5, 5.41) is 2.36. The minimum absolute atomic E-state index is 0.116. The predicted octanol–water partition coefficient (Wildman–Crippen LogP) is 10.6. The van der Waals surface area contributed by atoms with Gasteiger partial charge in [-0.05, 0) is 64.7 Å². The highest BCUT2D eigenvalue weighted by atomic mass is 15.0. The van der Waals surface area contributed by atoms with Crippen LogP contribution in [0.2, 0.25) is 0 Å². The molecule has 3 heterocycles. The first kappa shape index (κ1) is 25.4. The molecular weight excluding hydrogens is 599 g/mol. The molecule has 5 aromatic carbocycles. The Balaban J connectivity index is 1.19. The van der Waals surface area contributed by atoms with Gasteiger partial charge < -0.3 is 4.57 Å². The number of allylic oxidation sites excluding steroid dienone is 4. The molecule has 0 spiro atoms. The quantitative estimate of drug-likeness (QED) is 0.156. The molecular formula is C44H31N5. The van der Waals surface area contributed by atoms with E-state index in [0.29, 0.717) is 17.2 Å². The molecule has 8 rings (SSSR count). The van der Waals surface area contributed by atoms with Crippen LogP contribution in [0.3, 0.4) is 0 Å². The second kappa shape index (κ2) is 13.2. The lowest BCUT2D eigenvalue weighted by atomic mass is 10.0. The summed E-state index contributed by atoms with van der Waals surface area (Å²) in [6.45, 7) is 0.851. The first-order chi connectivity index (χ1) is 26.0. The van der Waals surface area contributed by atoms with Crippen molar-refractivity contribution in [1.29, 1.82) is 0 Å². The lowest BCUT2D eigenvalue weighted by Crippen LogP contribution is -1.99. The van der Waals surface area contributed by atoms with Gasteiger partial charge >= 0.3 is 0 Å². The van der Waals surface area contributed by atoms with E-state index in [1.807, 2.05) is 48.5 Å². The van der Waals surface area contributed by atoms with Crippen molar-refractivity contribution < 1.29 is 5.48 Å². The summed E-state index contributed by atoms with van der Waals surface area (Å²) in [6, 6.07) is 45.8. The predicted molar refractivity (Wildman–Crippen MR) is 202 cm³/mol. The van der Waals surface area contributed by atoms with Gasteiger partial charge in [-0.3, -0.25) is 4.98 Å². The van der Waals surface area contributed by atoms with Crippen molar-refractivity contribution in [3.05, 3.63) is 188 Å². The number of fused-ring (bicyclic) bond motifs is 3. The highest BCUT2D eigenvalue weighted by Crippen LogP contribution is 2.35. The van der Waals surface area contributed by atoms with Gasteiger partial charge in [0, 0.05) is 40.0 Å². The second-order valence-electron chi connectivity index (χ2n) is 11.4. The Bertz CT molecular complexity index is 2690. The van der Waals surface area contributed by atoms with Gasteiger partial charge in [0.05, 0.1) is 16.5 Å². The number of benzene rings is 5. The molecule has 0 saturated carbocycles. The van der Waals surface area contributed by atoms with Gasteiger partial charge in [0.15, 0.2) is 17.5 Å². The smallest absolute Gasteiger partial charge is 0.164 e. The first-order valence-corrected chi connectivity index (χ1v) is 15.8. The maximum atomic E-state index is 8.82. The Labute approximate surface area is 290 Å². The zero-order chi connectivity index (χ0) is 36.3. The van der Waals surface area contributed by atoms with E-state index < -0.39 is 0 Å². The van der Waals surface area contributed by atoms with Crippen molar-refractivity contribution in [2.24, 2.45) is 0 Å². The second-order valence-corrected chi connectivity index (χ2v) is 11.4. The van der Waals surface area contributed by atoms with Crippen LogP contribution in [0.1, 0.15) is 16.9 Å². The SMILES string of the molecule is [2H]C=C([2H])/C(=C([2H])\C([2H])=C\c1nc(-c2ccccc2)nc(-c2ccc(-c3ccc4c(c3)c3ccccc3n4-c3ccccc3)cc2)n1)c1cccnc1.